The lowest BCUT2D eigenvalue weighted by Crippen LogP contribution is -2.10. The standard InChI is InChI=1S/C10H14N2O2/c1-7(10(13)14)3-4-9-6-11-8(2)5-12-9/h5-7H,3-4H2,1-2H3,(H,13,14). The molecule has 0 aliphatic carbocycles. The van der Waals surface area contributed by atoms with Gasteiger partial charge in [0.2, 0.25) is 0 Å². The van der Waals surface area contributed by atoms with E-state index in [1.807, 2.05) is 6.92 Å². The predicted molar refractivity (Wildman–Crippen MR) is 51.9 cm³/mol. The van der Waals surface area contributed by atoms with Crippen LogP contribution in [0.1, 0.15) is 24.7 Å². The molecule has 0 saturated heterocycles. The molecule has 1 unspecified atom stereocenters. The number of carboxylic acids is 1. The lowest BCUT2D eigenvalue weighted by atomic mass is 10.1. The van der Waals surface area contributed by atoms with E-state index < -0.39 is 5.97 Å². The Morgan fingerprint density at radius 3 is 2.71 bits per heavy atom. The van der Waals surface area contributed by atoms with Crippen LogP contribution in [0.2, 0.25) is 0 Å². The van der Waals surface area contributed by atoms with Crippen LogP contribution in [0.25, 0.3) is 0 Å². The number of aliphatic carboxylic acids is 1. The van der Waals surface area contributed by atoms with E-state index in [-0.39, 0.29) is 5.92 Å². The highest BCUT2D eigenvalue weighted by Gasteiger charge is 2.10. The first-order valence-corrected chi connectivity index (χ1v) is 4.60. The molecule has 0 aliphatic rings. The lowest BCUT2D eigenvalue weighted by molar-refractivity contribution is -0.141. The van der Waals surface area contributed by atoms with Crippen LogP contribution in [0.3, 0.4) is 0 Å². The Morgan fingerprint density at radius 1 is 1.50 bits per heavy atom. The first kappa shape index (κ1) is 10.6. The van der Waals surface area contributed by atoms with E-state index >= 15 is 0 Å². The Balaban J connectivity index is 2.46. The maximum atomic E-state index is 10.5. The molecule has 1 atom stereocenters. The first-order valence-electron chi connectivity index (χ1n) is 4.60. The molecule has 0 aliphatic heterocycles. The fourth-order valence-corrected chi connectivity index (χ4v) is 1.04. The molecule has 0 bridgehead atoms. The van der Waals surface area contributed by atoms with Crippen molar-refractivity contribution >= 4 is 5.97 Å². The Hall–Kier alpha value is -1.45. The van der Waals surface area contributed by atoms with Crippen molar-refractivity contribution in [3.05, 3.63) is 23.8 Å². The minimum Gasteiger partial charge on any atom is -0.481 e. The van der Waals surface area contributed by atoms with Crippen LogP contribution in [0.5, 0.6) is 0 Å². The zero-order valence-corrected chi connectivity index (χ0v) is 8.40. The smallest absolute Gasteiger partial charge is 0.306 e. The topological polar surface area (TPSA) is 63.1 Å². The van der Waals surface area contributed by atoms with Crippen LogP contribution in [0, 0.1) is 12.8 Å². The average Bonchev–Trinajstić information content (AvgIpc) is 2.16. The number of hydrogen-bond acceptors (Lipinski definition) is 3. The van der Waals surface area contributed by atoms with Gasteiger partial charge >= 0.3 is 5.97 Å². The van der Waals surface area contributed by atoms with Crippen molar-refractivity contribution in [1.82, 2.24) is 9.97 Å². The van der Waals surface area contributed by atoms with Crippen molar-refractivity contribution in [3.63, 3.8) is 0 Å². The summed E-state index contributed by atoms with van der Waals surface area (Å²) in [5, 5.41) is 8.67. The van der Waals surface area contributed by atoms with E-state index in [1.165, 1.54) is 0 Å². The van der Waals surface area contributed by atoms with E-state index in [1.54, 1.807) is 19.3 Å². The third-order valence-corrected chi connectivity index (χ3v) is 2.09. The van der Waals surface area contributed by atoms with Gasteiger partial charge in [-0.05, 0) is 19.8 Å². The van der Waals surface area contributed by atoms with Crippen molar-refractivity contribution in [1.29, 1.82) is 0 Å². The summed E-state index contributed by atoms with van der Waals surface area (Å²) in [6.07, 6.45) is 4.67. The molecule has 4 nitrogen and oxygen atoms in total. The van der Waals surface area contributed by atoms with Crippen LogP contribution in [0.15, 0.2) is 12.4 Å². The fourth-order valence-electron chi connectivity index (χ4n) is 1.04. The van der Waals surface area contributed by atoms with E-state index in [0.29, 0.717) is 12.8 Å². The second-order valence-electron chi connectivity index (χ2n) is 3.43. The highest BCUT2D eigenvalue weighted by Crippen LogP contribution is 2.07. The number of hydrogen-bond donors (Lipinski definition) is 1. The zero-order valence-electron chi connectivity index (χ0n) is 8.40. The van der Waals surface area contributed by atoms with Gasteiger partial charge in [-0.3, -0.25) is 14.8 Å². The van der Waals surface area contributed by atoms with Gasteiger partial charge in [0.05, 0.1) is 17.3 Å². The molecule has 1 aromatic rings. The summed E-state index contributed by atoms with van der Waals surface area (Å²) in [4.78, 5) is 18.8. The van der Waals surface area contributed by atoms with Crippen molar-refractivity contribution in [2.75, 3.05) is 0 Å². The maximum Gasteiger partial charge on any atom is 0.306 e. The largest absolute Gasteiger partial charge is 0.481 e. The van der Waals surface area contributed by atoms with Crippen LogP contribution in [-0.2, 0) is 11.2 Å². The summed E-state index contributed by atoms with van der Waals surface area (Å²) >= 11 is 0. The molecule has 0 saturated carbocycles. The molecule has 0 aromatic carbocycles. The number of aromatic nitrogens is 2. The van der Waals surface area contributed by atoms with Crippen molar-refractivity contribution < 1.29 is 9.90 Å². The van der Waals surface area contributed by atoms with Gasteiger partial charge < -0.3 is 5.11 Å². The monoisotopic (exact) mass is 194 g/mol. The SMILES string of the molecule is Cc1cnc(CCC(C)C(=O)O)cn1. The quantitative estimate of drug-likeness (QED) is 0.787. The molecule has 76 valence electrons. The maximum absolute atomic E-state index is 10.5. The fraction of sp³-hybridized carbons (Fsp3) is 0.500. The number of rotatable bonds is 4. The Morgan fingerprint density at radius 2 is 2.21 bits per heavy atom. The van der Waals surface area contributed by atoms with Gasteiger partial charge in [-0.15, -0.1) is 0 Å². The summed E-state index contributed by atoms with van der Waals surface area (Å²) in [7, 11) is 0. The third-order valence-electron chi connectivity index (χ3n) is 2.09. The first-order chi connectivity index (χ1) is 6.59. The lowest BCUT2D eigenvalue weighted by Gasteiger charge is -2.04. The minimum atomic E-state index is -0.759. The second kappa shape index (κ2) is 4.69. The molecule has 1 heterocycles. The average molecular weight is 194 g/mol. The Bertz CT molecular complexity index is 308. The summed E-state index contributed by atoms with van der Waals surface area (Å²) in [5.41, 5.74) is 1.73. The van der Waals surface area contributed by atoms with E-state index in [0.717, 1.165) is 11.4 Å². The molecule has 0 radical (unpaired) electrons. The van der Waals surface area contributed by atoms with E-state index in [4.69, 9.17) is 5.11 Å². The van der Waals surface area contributed by atoms with Crippen LogP contribution >= 0.6 is 0 Å². The van der Waals surface area contributed by atoms with Gasteiger partial charge in [0, 0.05) is 12.4 Å². The van der Waals surface area contributed by atoms with Crippen LogP contribution < -0.4 is 0 Å². The Kier molecular flexibility index (Phi) is 3.56. The minimum absolute atomic E-state index is 0.321. The summed E-state index contributed by atoms with van der Waals surface area (Å²) in [6, 6.07) is 0. The number of aryl methyl sites for hydroxylation is 2. The van der Waals surface area contributed by atoms with E-state index in [9.17, 15) is 4.79 Å². The van der Waals surface area contributed by atoms with Gasteiger partial charge in [-0.25, -0.2) is 0 Å². The van der Waals surface area contributed by atoms with E-state index in [2.05, 4.69) is 9.97 Å². The molecular weight excluding hydrogens is 180 g/mol. The van der Waals surface area contributed by atoms with Gasteiger partial charge in [0.25, 0.3) is 0 Å². The van der Waals surface area contributed by atoms with Crippen LogP contribution in [-0.4, -0.2) is 21.0 Å². The highest BCUT2D eigenvalue weighted by atomic mass is 16.4. The predicted octanol–water partition coefficient (Wildman–Crippen LogP) is 1.44. The summed E-state index contributed by atoms with van der Waals surface area (Å²) in [5.74, 6) is -1.08. The molecule has 1 rings (SSSR count). The zero-order chi connectivity index (χ0) is 10.6. The molecule has 0 spiro atoms. The van der Waals surface area contributed by atoms with Gasteiger partial charge in [0.1, 0.15) is 0 Å². The number of carboxylic acid groups (broad SMARTS) is 1. The van der Waals surface area contributed by atoms with Gasteiger partial charge in [-0.1, -0.05) is 6.92 Å². The van der Waals surface area contributed by atoms with Crippen molar-refractivity contribution in [2.45, 2.75) is 26.7 Å². The molecule has 0 amide bonds. The second-order valence-corrected chi connectivity index (χ2v) is 3.43. The summed E-state index contributed by atoms with van der Waals surface area (Å²) < 4.78 is 0. The number of nitrogens with zero attached hydrogens (tertiary/aromatic N) is 2. The number of carbonyl (C=O) groups is 1. The highest BCUT2D eigenvalue weighted by molar-refractivity contribution is 5.69. The van der Waals surface area contributed by atoms with Crippen molar-refractivity contribution in [3.8, 4) is 0 Å². The van der Waals surface area contributed by atoms with Gasteiger partial charge in [-0.2, -0.15) is 0 Å². The molecule has 1 aromatic heterocycles. The normalized spacial score (nSPS) is 12.4. The molecular formula is C10H14N2O2. The molecule has 1 N–H and O–H groups in total. The van der Waals surface area contributed by atoms with Crippen LogP contribution in [0.4, 0.5) is 0 Å². The summed E-state index contributed by atoms with van der Waals surface area (Å²) in [6.45, 7) is 3.57. The molecule has 0 fully saturated rings. The molecule has 4 heteroatoms. The molecule has 14 heavy (non-hydrogen) atoms. The Labute approximate surface area is 83.0 Å². The third kappa shape index (κ3) is 3.12. The van der Waals surface area contributed by atoms with Gasteiger partial charge in [0.15, 0.2) is 0 Å². The van der Waals surface area contributed by atoms with Crippen molar-refractivity contribution in [2.24, 2.45) is 5.92 Å².